The van der Waals surface area contributed by atoms with Gasteiger partial charge in [-0.05, 0) is 64.2 Å². The highest BCUT2D eigenvalue weighted by molar-refractivity contribution is 6.04. The smallest absolute Gasteiger partial charge is 0.235 e. The van der Waals surface area contributed by atoms with E-state index >= 15 is 0 Å². The molecule has 0 aromatic rings. The molecule has 6 nitrogen and oxygen atoms in total. The minimum atomic E-state index is -1.30. The molecule has 0 saturated heterocycles. The van der Waals surface area contributed by atoms with Crippen molar-refractivity contribution >= 4 is 11.8 Å². The number of hydrogen-bond donors (Lipinski definition) is 4. The average Bonchev–Trinajstić information content (AvgIpc) is 3.30. The summed E-state index contributed by atoms with van der Waals surface area (Å²) in [4.78, 5) is 26.5. The van der Waals surface area contributed by atoms with Crippen LogP contribution < -0.4 is 10.6 Å². The minimum absolute atomic E-state index is 0.318. The van der Waals surface area contributed by atoms with E-state index in [1.54, 1.807) is 13.8 Å². The van der Waals surface area contributed by atoms with Crippen LogP contribution in [0.1, 0.15) is 106 Å². The number of carbonyl (C=O) groups excluding carboxylic acids is 2. The molecule has 2 aliphatic rings. The summed E-state index contributed by atoms with van der Waals surface area (Å²) in [7, 11) is 0. The van der Waals surface area contributed by atoms with Crippen molar-refractivity contribution in [3.63, 3.8) is 0 Å². The topological polar surface area (TPSA) is 98.7 Å². The second-order valence-electron chi connectivity index (χ2n) is 11.6. The molecule has 6 heteroatoms. The van der Waals surface area contributed by atoms with Crippen LogP contribution in [0.2, 0.25) is 0 Å². The Morgan fingerprint density at radius 3 is 1.29 bits per heavy atom. The maximum absolute atomic E-state index is 13.3. The summed E-state index contributed by atoms with van der Waals surface area (Å²) in [5, 5.41) is 28.3. The lowest BCUT2D eigenvalue weighted by molar-refractivity contribution is -0.145. The number of rotatable bonds is 10. The van der Waals surface area contributed by atoms with Crippen LogP contribution in [0.15, 0.2) is 0 Å². The fourth-order valence-corrected chi connectivity index (χ4v) is 5.22. The molecule has 2 rings (SSSR count). The zero-order chi connectivity index (χ0) is 23.4. The van der Waals surface area contributed by atoms with E-state index in [1.165, 1.54) is 0 Å². The quantitative estimate of drug-likeness (QED) is 0.391. The van der Waals surface area contributed by atoms with Gasteiger partial charge < -0.3 is 20.8 Å². The fraction of sp³-hybridized carbons (Fsp3) is 0.920. The summed E-state index contributed by atoms with van der Waals surface area (Å²) in [6.45, 7) is 11.6. The van der Waals surface area contributed by atoms with Crippen LogP contribution in [-0.2, 0) is 9.59 Å². The average molecular weight is 439 g/mol. The molecule has 2 amide bonds. The Bertz CT molecular complexity index is 565. The van der Waals surface area contributed by atoms with Crippen molar-refractivity contribution in [2.24, 2.45) is 17.3 Å². The largest absolute Gasteiger partial charge is 0.388 e. The first kappa shape index (κ1) is 26.1. The third-order valence-corrected chi connectivity index (χ3v) is 7.40. The maximum atomic E-state index is 13.3. The molecule has 0 aromatic heterocycles. The molecule has 0 heterocycles. The van der Waals surface area contributed by atoms with Crippen molar-refractivity contribution in [3.8, 4) is 0 Å². The summed E-state index contributed by atoms with van der Waals surface area (Å²) in [5.74, 6) is -0.0897. The first-order chi connectivity index (χ1) is 14.3. The Balaban J connectivity index is 2.13. The van der Waals surface area contributed by atoms with Gasteiger partial charge in [-0.1, -0.05) is 53.4 Å². The Kier molecular flexibility index (Phi) is 8.59. The molecule has 0 radical (unpaired) electrons. The zero-order valence-corrected chi connectivity index (χ0v) is 20.6. The molecule has 4 N–H and O–H groups in total. The molecular weight excluding hydrogens is 392 g/mol. The first-order valence-electron chi connectivity index (χ1n) is 12.4. The summed E-state index contributed by atoms with van der Waals surface area (Å²) in [6, 6.07) is -0.722. The molecule has 2 saturated carbocycles. The Morgan fingerprint density at radius 1 is 0.742 bits per heavy atom. The van der Waals surface area contributed by atoms with Crippen molar-refractivity contribution in [3.05, 3.63) is 0 Å². The van der Waals surface area contributed by atoms with Crippen LogP contribution in [0.4, 0.5) is 0 Å². The molecule has 0 bridgehead atoms. The van der Waals surface area contributed by atoms with Gasteiger partial charge in [-0.3, -0.25) is 9.59 Å². The molecule has 180 valence electrons. The lowest BCUT2D eigenvalue weighted by atomic mass is 9.82. The van der Waals surface area contributed by atoms with Crippen LogP contribution in [-0.4, -0.2) is 45.3 Å². The predicted molar refractivity (Wildman–Crippen MR) is 123 cm³/mol. The number of hydrogen-bond acceptors (Lipinski definition) is 4. The number of aliphatic hydroxyl groups is 2. The van der Waals surface area contributed by atoms with Crippen LogP contribution in [0.5, 0.6) is 0 Å². The monoisotopic (exact) mass is 438 g/mol. The normalized spacial score (nSPS) is 22.5. The summed E-state index contributed by atoms with van der Waals surface area (Å²) < 4.78 is 0. The molecule has 0 unspecified atom stereocenters. The summed E-state index contributed by atoms with van der Waals surface area (Å²) in [6.07, 6.45) is 7.91. The summed E-state index contributed by atoms with van der Waals surface area (Å²) in [5.41, 5.74) is -3.09. The van der Waals surface area contributed by atoms with Gasteiger partial charge >= 0.3 is 0 Å². The van der Waals surface area contributed by atoms with Gasteiger partial charge in [-0.25, -0.2) is 0 Å². The number of amides is 2. The number of carbonyl (C=O) groups is 2. The lowest BCUT2D eigenvalue weighted by Gasteiger charge is -2.38. The van der Waals surface area contributed by atoms with Crippen LogP contribution in [0, 0.1) is 17.3 Å². The standard InChI is InChI=1S/C25H46N2O4/c1-17(2)15-19(24(30)11-7-8-12-24)26-21(28)23(5,6)22(29)27-20(16-18(3)4)25(31)13-9-10-14-25/h17-20,30-31H,7-16H2,1-6H3,(H,26,28)(H,27,29)/t19-,20-/m1/s1. The Labute approximate surface area is 188 Å². The van der Waals surface area contributed by atoms with E-state index in [2.05, 4.69) is 38.3 Å². The van der Waals surface area contributed by atoms with Crippen molar-refractivity contribution in [1.29, 1.82) is 0 Å². The molecule has 2 atom stereocenters. The van der Waals surface area contributed by atoms with E-state index in [1.807, 2.05) is 0 Å². The summed E-state index contributed by atoms with van der Waals surface area (Å²) >= 11 is 0. The molecule has 0 spiro atoms. The van der Waals surface area contributed by atoms with Gasteiger partial charge in [0.05, 0.1) is 23.3 Å². The second kappa shape index (κ2) is 10.2. The van der Waals surface area contributed by atoms with E-state index in [9.17, 15) is 19.8 Å². The SMILES string of the molecule is CC(C)C[C@@H](NC(=O)C(C)(C)C(=O)N[C@H](CC(C)C)C1(O)CCCC1)C1(O)CCCC1. The molecule has 31 heavy (non-hydrogen) atoms. The van der Waals surface area contributed by atoms with Gasteiger partial charge in [-0.2, -0.15) is 0 Å². The van der Waals surface area contributed by atoms with Gasteiger partial charge in [0.2, 0.25) is 11.8 Å². The molecule has 0 aromatic carbocycles. The van der Waals surface area contributed by atoms with E-state index in [0.717, 1.165) is 25.7 Å². The Morgan fingerprint density at radius 2 is 1.03 bits per heavy atom. The van der Waals surface area contributed by atoms with Crippen molar-refractivity contribution in [2.45, 2.75) is 129 Å². The third kappa shape index (κ3) is 6.44. The minimum Gasteiger partial charge on any atom is -0.388 e. The van der Waals surface area contributed by atoms with Gasteiger partial charge in [0.25, 0.3) is 0 Å². The van der Waals surface area contributed by atoms with Crippen molar-refractivity contribution < 1.29 is 19.8 Å². The van der Waals surface area contributed by atoms with E-state index in [-0.39, 0.29) is 23.9 Å². The second-order valence-corrected chi connectivity index (χ2v) is 11.6. The first-order valence-corrected chi connectivity index (χ1v) is 12.4. The lowest BCUT2D eigenvalue weighted by Crippen LogP contribution is -2.60. The highest BCUT2D eigenvalue weighted by Crippen LogP contribution is 2.37. The van der Waals surface area contributed by atoms with Gasteiger partial charge in [-0.15, -0.1) is 0 Å². The van der Waals surface area contributed by atoms with Crippen LogP contribution in [0.3, 0.4) is 0 Å². The highest BCUT2D eigenvalue weighted by atomic mass is 16.3. The van der Waals surface area contributed by atoms with Gasteiger partial charge in [0.1, 0.15) is 5.41 Å². The van der Waals surface area contributed by atoms with Gasteiger partial charge in [0, 0.05) is 0 Å². The molecule has 0 aliphatic heterocycles. The van der Waals surface area contributed by atoms with Gasteiger partial charge in [0.15, 0.2) is 0 Å². The van der Waals surface area contributed by atoms with E-state index in [0.29, 0.717) is 50.4 Å². The molecular formula is C25H46N2O4. The molecule has 2 aliphatic carbocycles. The fourth-order valence-electron chi connectivity index (χ4n) is 5.22. The maximum Gasteiger partial charge on any atom is 0.235 e. The number of nitrogens with one attached hydrogen (secondary N) is 2. The highest BCUT2D eigenvalue weighted by Gasteiger charge is 2.46. The van der Waals surface area contributed by atoms with Crippen molar-refractivity contribution in [1.82, 2.24) is 10.6 Å². The predicted octanol–water partition coefficient (Wildman–Crippen LogP) is 3.68. The Hall–Kier alpha value is -1.14. The van der Waals surface area contributed by atoms with Crippen LogP contribution >= 0.6 is 0 Å². The van der Waals surface area contributed by atoms with Crippen molar-refractivity contribution in [2.75, 3.05) is 0 Å². The van der Waals surface area contributed by atoms with E-state index < -0.39 is 16.6 Å². The van der Waals surface area contributed by atoms with E-state index in [4.69, 9.17) is 0 Å². The third-order valence-electron chi connectivity index (χ3n) is 7.40. The zero-order valence-electron chi connectivity index (χ0n) is 20.6. The van der Waals surface area contributed by atoms with Crippen LogP contribution in [0.25, 0.3) is 0 Å². The molecule has 2 fully saturated rings.